The first-order valence-electron chi connectivity index (χ1n) is 23.4. The van der Waals surface area contributed by atoms with E-state index >= 15 is 4.39 Å². The fourth-order valence-corrected chi connectivity index (χ4v) is 13.2. The highest BCUT2D eigenvalue weighted by Gasteiger charge is 2.46. The summed E-state index contributed by atoms with van der Waals surface area (Å²) in [4.78, 5) is 12.3. The van der Waals surface area contributed by atoms with Crippen molar-refractivity contribution in [3.63, 3.8) is 0 Å². The van der Waals surface area contributed by atoms with Crippen LogP contribution in [0.3, 0.4) is 0 Å². The minimum Gasteiger partial charge on any atom is -0.493 e. The number of fused-ring (bicyclic) bond motifs is 6. The number of carbonyl (C=O) groups is 1. The molecule has 30 heteroatoms. The van der Waals surface area contributed by atoms with Crippen molar-refractivity contribution in [1.82, 2.24) is 0 Å². The van der Waals surface area contributed by atoms with E-state index in [2.05, 4.69) is 23.8 Å². The number of hydrogen-bond acceptors (Lipinski definition) is 21. The van der Waals surface area contributed by atoms with Crippen molar-refractivity contribution in [3.8, 4) is 5.75 Å². The van der Waals surface area contributed by atoms with Crippen molar-refractivity contribution in [1.29, 1.82) is 0 Å². The van der Waals surface area contributed by atoms with Gasteiger partial charge in [0, 0.05) is 92.9 Å². The standard InChI is InChI=1S/C49H51FN2O21S6/c1-48(2)44(52(18-7-21-77(58,59)60)40-14-12-36-37(46(40)48)25-33(75-72-69-56)26-42(36)79(64,65)66)16-10-29(30-22-31(50)24-32(23-30)67-19-5-8-45(53)54)9-15-43-49(3,4)47-38-27-34(78(61,62)63)28-41(76-73-70-57)35(38)11-13-39(47)51(43)17-6-20-74-71-68-55/h9-16,22-28H,5-8,17-21H2,1-4H3,(H6-,53,54,55,56,57,58,59,60,61,62,63,64,65,66)/p+1. The number of ether oxygens (including phenoxy) is 1. The minimum absolute atomic E-state index is 0.0261. The molecular weight excluding hydrogens is 1160 g/mol. The van der Waals surface area contributed by atoms with Crippen LogP contribution in [0, 0.1) is 5.82 Å². The van der Waals surface area contributed by atoms with Crippen LogP contribution in [0.2, 0.25) is 0 Å². The third-order valence-electron chi connectivity index (χ3n) is 13.0. The van der Waals surface area contributed by atoms with Crippen molar-refractivity contribution in [2.45, 2.75) is 83.8 Å². The van der Waals surface area contributed by atoms with Gasteiger partial charge in [-0.2, -0.15) is 29.8 Å². The lowest BCUT2D eigenvalue weighted by molar-refractivity contribution is -0.438. The molecule has 5 aromatic carbocycles. The van der Waals surface area contributed by atoms with Gasteiger partial charge in [-0.1, -0.05) is 41.1 Å². The maximum absolute atomic E-state index is 15.9. The minimum atomic E-state index is -4.89. The van der Waals surface area contributed by atoms with Crippen LogP contribution < -0.4 is 9.64 Å². The zero-order valence-corrected chi connectivity index (χ0v) is 47.0. The molecule has 426 valence electrons. The van der Waals surface area contributed by atoms with Crippen molar-refractivity contribution in [2.24, 2.45) is 0 Å². The largest absolute Gasteiger partial charge is 0.493 e. The molecule has 2 aliphatic rings. The van der Waals surface area contributed by atoms with Gasteiger partial charge in [0.25, 0.3) is 30.4 Å². The lowest BCUT2D eigenvalue weighted by Crippen LogP contribution is -2.28. The van der Waals surface area contributed by atoms with Gasteiger partial charge in [0.2, 0.25) is 5.69 Å². The molecule has 0 amide bonds. The van der Waals surface area contributed by atoms with E-state index in [9.17, 15) is 48.8 Å². The van der Waals surface area contributed by atoms with Crippen LogP contribution in [0.25, 0.3) is 27.1 Å². The molecule has 0 bridgehead atoms. The van der Waals surface area contributed by atoms with E-state index in [1.165, 1.54) is 24.3 Å². The first-order chi connectivity index (χ1) is 37.2. The molecule has 0 saturated heterocycles. The number of aliphatic carboxylic acids is 1. The molecule has 0 atom stereocenters. The molecule has 0 fully saturated rings. The van der Waals surface area contributed by atoms with E-state index in [0.29, 0.717) is 91.9 Å². The smallest absolute Gasteiger partial charge is 0.303 e. The Hall–Kier alpha value is -5.07. The highest BCUT2D eigenvalue weighted by atomic mass is 32.2. The van der Waals surface area contributed by atoms with Crippen LogP contribution in [0.1, 0.15) is 70.1 Å². The number of nitrogens with zero attached hydrogens (tertiary/aromatic N) is 2. The first-order valence-corrected chi connectivity index (χ1v) is 30.3. The Morgan fingerprint density at radius 1 is 0.759 bits per heavy atom. The molecule has 23 nitrogen and oxygen atoms in total. The molecule has 5 aromatic rings. The lowest BCUT2D eigenvalue weighted by Gasteiger charge is -2.27. The van der Waals surface area contributed by atoms with Gasteiger partial charge in [-0.3, -0.25) is 18.5 Å². The molecule has 0 unspecified atom stereocenters. The Morgan fingerprint density at radius 2 is 1.46 bits per heavy atom. The first kappa shape index (κ1) is 61.5. The van der Waals surface area contributed by atoms with E-state index < -0.39 is 68.5 Å². The molecular formula is C49H52FN2O21S6+. The zero-order valence-electron chi connectivity index (χ0n) is 42.1. The third kappa shape index (κ3) is 14.3. The molecule has 7 rings (SSSR count). The number of carboxylic acids is 1. The van der Waals surface area contributed by atoms with Gasteiger partial charge in [0.1, 0.15) is 23.0 Å². The normalized spacial score (nSPS) is 16.0. The summed E-state index contributed by atoms with van der Waals surface area (Å²) in [5, 5.41) is 48.5. The Bertz CT molecular complexity index is 3640. The van der Waals surface area contributed by atoms with E-state index in [4.69, 9.17) is 24.8 Å². The third-order valence-corrected chi connectivity index (χ3v) is 17.3. The molecule has 2 heterocycles. The molecule has 79 heavy (non-hydrogen) atoms. The molecule has 0 spiro atoms. The number of carboxylic acid groups (broad SMARTS) is 1. The summed E-state index contributed by atoms with van der Waals surface area (Å²) in [7, 11) is -14.2. The summed E-state index contributed by atoms with van der Waals surface area (Å²) in [5.74, 6) is -2.07. The van der Waals surface area contributed by atoms with Crippen LogP contribution in [-0.4, -0.2) is 107 Å². The van der Waals surface area contributed by atoms with Gasteiger partial charge in [-0.25, -0.2) is 20.2 Å². The second-order valence-corrected chi connectivity index (χ2v) is 25.5. The average molecular weight is 1220 g/mol. The predicted octanol–water partition coefficient (Wildman–Crippen LogP) is 10.2. The van der Waals surface area contributed by atoms with Crippen molar-refractivity contribution >= 4 is 117 Å². The van der Waals surface area contributed by atoms with Gasteiger partial charge in [-0.15, -0.1) is 13.0 Å². The summed E-state index contributed by atoms with van der Waals surface area (Å²) in [5.41, 5.74) is 1.68. The van der Waals surface area contributed by atoms with Crippen molar-refractivity contribution in [3.05, 3.63) is 119 Å². The second-order valence-electron chi connectivity index (χ2n) is 18.8. The summed E-state index contributed by atoms with van der Waals surface area (Å²) in [6, 6.07) is 15.5. The van der Waals surface area contributed by atoms with E-state index in [0.717, 1.165) is 30.2 Å². The number of allylic oxidation sites excluding steroid dienone is 6. The number of rotatable bonds is 27. The lowest BCUT2D eigenvalue weighted by atomic mass is 9.79. The van der Waals surface area contributed by atoms with E-state index in [1.54, 1.807) is 67.3 Å². The molecule has 0 aliphatic carbocycles. The second kappa shape index (κ2) is 25.4. The summed E-state index contributed by atoms with van der Waals surface area (Å²) >= 11 is 1.75. The van der Waals surface area contributed by atoms with E-state index in [1.807, 2.05) is 18.4 Å². The highest BCUT2D eigenvalue weighted by molar-refractivity contribution is 7.95. The summed E-state index contributed by atoms with van der Waals surface area (Å²) in [6.07, 6.45) is 6.98. The Kier molecular flexibility index (Phi) is 19.8. The Labute approximate surface area is 465 Å². The average Bonchev–Trinajstić information content (AvgIpc) is 3.64. The summed E-state index contributed by atoms with van der Waals surface area (Å²) in [6.45, 7) is 7.52. The van der Waals surface area contributed by atoms with Gasteiger partial charge >= 0.3 is 5.97 Å². The monoisotopic (exact) mass is 1220 g/mol. The van der Waals surface area contributed by atoms with Crippen LogP contribution >= 0.6 is 36.1 Å². The van der Waals surface area contributed by atoms with Gasteiger partial charge < -0.3 is 14.7 Å². The predicted molar refractivity (Wildman–Crippen MR) is 289 cm³/mol. The topological polar surface area (TPSA) is 332 Å². The maximum atomic E-state index is 15.9. The Morgan fingerprint density at radius 3 is 2.13 bits per heavy atom. The maximum Gasteiger partial charge on any atom is 0.303 e. The number of anilines is 1. The molecule has 2 aliphatic heterocycles. The quantitative estimate of drug-likeness (QED) is 0.00489. The fraction of sp³-hybridized carbons (Fsp3) is 0.306. The van der Waals surface area contributed by atoms with Crippen molar-refractivity contribution < 1.29 is 106 Å². The molecule has 0 radical (unpaired) electrons. The van der Waals surface area contributed by atoms with Crippen LogP contribution in [0.4, 0.5) is 15.8 Å². The van der Waals surface area contributed by atoms with Gasteiger partial charge in [0.15, 0.2) is 5.71 Å². The van der Waals surface area contributed by atoms with Crippen molar-refractivity contribution in [2.75, 3.05) is 36.1 Å². The zero-order chi connectivity index (χ0) is 57.7. The van der Waals surface area contributed by atoms with E-state index in [-0.39, 0.29) is 65.4 Å². The Balaban J connectivity index is 1.47. The summed E-state index contributed by atoms with van der Waals surface area (Å²) < 4.78 is 143. The van der Waals surface area contributed by atoms with Crippen LogP contribution in [0.15, 0.2) is 116 Å². The van der Waals surface area contributed by atoms with Gasteiger partial charge in [-0.05, 0) is 120 Å². The number of benzene rings is 5. The molecule has 0 saturated carbocycles. The highest BCUT2D eigenvalue weighted by Crippen LogP contribution is 2.53. The fourth-order valence-electron chi connectivity index (χ4n) is 9.90. The van der Waals surface area contributed by atoms with Crippen LogP contribution in [-0.2, 0) is 74.1 Å². The molecule has 0 aromatic heterocycles. The SMILES string of the molecule is CC1(C)C(/C=C/C(=C/C=C2/N(CCCS(=O)(=O)O)c3ccc4c(S(=O)(=O)O)cc(SOOO)cc4c3C2(C)C)c2cc(F)cc(OCCCC(=O)O)c2)=[N+](CCCSOOO)c2ccc3c(SOOO)cc(S(=O)(=O)O)cc3c21. The van der Waals surface area contributed by atoms with Gasteiger partial charge in [0.05, 0.1) is 46.8 Å². The van der Waals surface area contributed by atoms with Crippen LogP contribution in [0.5, 0.6) is 5.75 Å². The number of hydrogen-bond donors (Lipinski definition) is 7. The molecule has 7 N–H and O–H groups in total. The number of halogens is 1.